The maximum atomic E-state index is 12.0. The molecule has 1 aromatic heterocycles. The van der Waals surface area contributed by atoms with Crippen LogP contribution in [-0.2, 0) is 20.7 Å². The number of halogens is 1. The van der Waals surface area contributed by atoms with E-state index >= 15 is 0 Å². The third-order valence-electron chi connectivity index (χ3n) is 4.34. The zero-order valence-corrected chi connectivity index (χ0v) is 16.6. The number of esters is 1. The van der Waals surface area contributed by atoms with Gasteiger partial charge in [0.2, 0.25) is 0 Å². The van der Waals surface area contributed by atoms with E-state index in [-0.39, 0.29) is 18.4 Å². The van der Waals surface area contributed by atoms with Gasteiger partial charge in [0, 0.05) is 22.8 Å². The Morgan fingerprint density at radius 2 is 2.00 bits per heavy atom. The van der Waals surface area contributed by atoms with Gasteiger partial charge in [-0.3, -0.25) is 14.4 Å². The molecule has 2 aromatic rings. The first kappa shape index (κ1) is 21.2. The van der Waals surface area contributed by atoms with Crippen LogP contribution in [0.1, 0.15) is 34.4 Å². The molecule has 1 amide bonds. The molecule has 0 aliphatic carbocycles. The van der Waals surface area contributed by atoms with Gasteiger partial charge in [-0.05, 0) is 56.0 Å². The third-order valence-corrected chi connectivity index (χ3v) is 4.57. The van der Waals surface area contributed by atoms with Crippen LogP contribution in [0.15, 0.2) is 23.0 Å². The molecular weight excluding hydrogens is 382 g/mol. The SMILES string of the molecule is Cc1ccc(Cl)cc1NC(=O)COC(=O)CCc1c(C)[nH]c(=O)c(C#N)c1C. The van der Waals surface area contributed by atoms with Crippen molar-refractivity contribution in [2.75, 3.05) is 11.9 Å². The molecule has 0 aliphatic heterocycles. The lowest BCUT2D eigenvalue weighted by atomic mass is 9.99. The molecule has 0 aliphatic rings. The van der Waals surface area contributed by atoms with Gasteiger partial charge in [0.1, 0.15) is 11.6 Å². The molecular formula is C20H20ClN3O4. The van der Waals surface area contributed by atoms with Gasteiger partial charge in [-0.15, -0.1) is 0 Å². The highest BCUT2D eigenvalue weighted by molar-refractivity contribution is 6.31. The number of aryl methyl sites for hydroxylation is 2. The van der Waals surface area contributed by atoms with Crippen molar-refractivity contribution >= 4 is 29.2 Å². The Labute approximate surface area is 167 Å². The van der Waals surface area contributed by atoms with Crippen LogP contribution in [0, 0.1) is 32.1 Å². The van der Waals surface area contributed by atoms with E-state index in [9.17, 15) is 14.4 Å². The lowest BCUT2D eigenvalue weighted by Crippen LogP contribution is -2.22. The van der Waals surface area contributed by atoms with Crippen LogP contribution in [0.3, 0.4) is 0 Å². The minimum atomic E-state index is -0.554. The van der Waals surface area contributed by atoms with Crippen LogP contribution in [0.5, 0.6) is 0 Å². The predicted molar refractivity (Wildman–Crippen MR) is 105 cm³/mol. The number of carbonyl (C=O) groups is 2. The van der Waals surface area contributed by atoms with Crippen molar-refractivity contribution in [1.29, 1.82) is 5.26 Å². The normalized spacial score (nSPS) is 10.2. The fourth-order valence-electron chi connectivity index (χ4n) is 2.78. The summed E-state index contributed by atoms with van der Waals surface area (Å²) in [6.45, 7) is 4.78. The number of pyridine rings is 1. The number of carbonyl (C=O) groups excluding carboxylic acids is 2. The van der Waals surface area contributed by atoms with Crippen LogP contribution in [0.2, 0.25) is 5.02 Å². The molecule has 0 saturated heterocycles. The number of aromatic nitrogens is 1. The number of rotatable bonds is 6. The number of nitrogens with zero attached hydrogens (tertiary/aromatic N) is 1. The first-order valence-corrected chi connectivity index (χ1v) is 8.94. The van der Waals surface area contributed by atoms with E-state index in [1.165, 1.54) is 0 Å². The van der Waals surface area contributed by atoms with Crippen molar-refractivity contribution in [1.82, 2.24) is 4.98 Å². The van der Waals surface area contributed by atoms with Crippen LogP contribution in [-0.4, -0.2) is 23.5 Å². The van der Waals surface area contributed by atoms with Crippen molar-refractivity contribution < 1.29 is 14.3 Å². The van der Waals surface area contributed by atoms with E-state index in [4.69, 9.17) is 21.6 Å². The molecule has 2 N–H and O–H groups in total. The molecule has 1 aromatic carbocycles. The Hall–Kier alpha value is -3.11. The Morgan fingerprint density at radius 3 is 2.68 bits per heavy atom. The van der Waals surface area contributed by atoms with Gasteiger partial charge in [0.25, 0.3) is 11.5 Å². The van der Waals surface area contributed by atoms with Crippen molar-refractivity contribution in [3.05, 3.63) is 61.5 Å². The van der Waals surface area contributed by atoms with Crippen molar-refractivity contribution in [3.8, 4) is 6.07 Å². The molecule has 8 heteroatoms. The number of anilines is 1. The quantitative estimate of drug-likeness (QED) is 0.722. The summed E-state index contributed by atoms with van der Waals surface area (Å²) in [5.41, 5.74) is 2.84. The molecule has 0 radical (unpaired) electrons. The Balaban J connectivity index is 1.92. The monoisotopic (exact) mass is 401 g/mol. The molecule has 0 atom stereocenters. The molecule has 0 unspecified atom stereocenters. The number of aromatic amines is 1. The average Bonchev–Trinajstić information content (AvgIpc) is 2.63. The number of benzene rings is 1. The van der Waals surface area contributed by atoms with E-state index in [0.717, 1.165) is 5.56 Å². The van der Waals surface area contributed by atoms with Gasteiger partial charge in [0.15, 0.2) is 6.61 Å². The predicted octanol–water partition coefficient (Wildman–Crippen LogP) is 2.94. The molecule has 1 heterocycles. The largest absolute Gasteiger partial charge is 0.456 e. The lowest BCUT2D eigenvalue weighted by Gasteiger charge is -2.11. The summed E-state index contributed by atoms with van der Waals surface area (Å²) >= 11 is 5.91. The summed E-state index contributed by atoms with van der Waals surface area (Å²) in [6.07, 6.45) is 0.305. The number of nitriles is 1. The molecule has 7 nitrogen and oxygen atoms in total. The van der Waals surface area contributed by atoms with Crippen molar-refractivity contribution in [2.45, 2.75) is 33.6 Å². The number of H-pyrrole nitrogens is 1. The first-order chi connectivity index (χ1) is 13.2. The number of amides is 1. The van der Waals surface area contributed by atoms with E-state index in [1.54, 1.807) is 32.0 Å². The molecule has 0 fully saturated rings. The number of ether oxygens (including phenoxy) is 1. The molecule has 146 valence electrons. The van der Waals surface area contributed by atoms with Crippen LogP contribution >= 0.6 is 11.6 Å². The summed E-state index contributed by atoms with van der Waals surface area (Å²) in [5.74, 6) is -1.02. The maximum absolute atomic E-state index is 12.0. The molecule has 0 bridgehead atoms. The standard InChI is InChI=1S/C20H20ClN3O4/c1-11-4-5-14(21)8-17(11)24-18(25)10-28-19(26)7-6-15-12(2)16(9-22)20(27)23-13(15)3/h4-5,8H,6-7,10H2,1-3H3,(H,23,27)(H,24,25). The molecule has 2 rings (SSSR count). The zero-order chi connectivity index (χ0) is 20.8. The van der Waals surface area contributed by atoms with Crippen molar-refractivity contribution in [2.24, 2.45) is 0 Å². The minimum absolute atomic E-state index is 0.0159. The van der Waals surface area contributed by atoms with Gasteiger partial charge in [-0.2, -0.15) is 5.26 Å². The van der Waals surface area contributed by atoms with Crippen LogP contribution in [0.4, 0.5) is 5.69 Å². The Morgan fingerprint density at radius 1 is 1.29 bits per heavy atom. The number of nitrogens with one attached hydrogen (secondary N) is 2. The van der Waals surface area contributed by atoms with Gasteiger partial charge < -0.3 is 15.0 Å². The molecule has 28 heavy (non-hydrogen) atoms. The summed E-state index contributed by atoms with van der Waals surface area (Å²) in [6, 6.07) is 6.97. The molecule has 0 saturated carbocycles. The highest BCUT2D eigenvalue weighted by Gasteiger charge is 2.15. The van der Waals surface area contributed by atoms with Crippen LogP contribution < -0.4 is 10.9 Å². The van der Waals surface area contributed by atoms with Gasteiger partial charge in [0.05, 0.1) is 0 Å². The number of hydrogen-bond acceptors (Lipinski definition) is 5. The summed E-state index contributed by atoms with van der Waals surface area (Å²) in [7, 11) is 0. The van der Waals surface area contributed by atoms with E-state index in [1.807, 2.05) is 13.0 Å². The van der Waals surface area contributed by atoms with E-state index in [0.29, 0.717) is 27.5 Å². The zero-order valence-electron chi connectivity index (χ0n) is 15.8. The lowest BCUT2D eigenvalue weighted by molar-refractivity contribution is -0.147. The summed E-state index contributed by atoms with van der Waals surface area (Å²) in [4.78, 5) is 38.3. The average molecular weight is 402 g/mol. The minimum Gasteiger partial charge on any atom is -0.456 e. The second-order valence-electron chi connectivity index (χ2n) is 6.34. The Bertz CT molecular complexity index is 1020. The van der Waals surface area contributed by atoms with Gasteiger partial charge >= 0.3 is 5.97 Å². The fourth-order valence-corrected chi connectivity index (χ4v) is 2.95. The molecule has 0 spiro atoms. The summed E-state index contributed by atoms with van der Waals surface area (Å²) < 4.78 is 5.01. The maximum Gasteiger partial charge on any atom is 0.306 e. The van der Waals surface area contributed by atoms with E-state index in [2.05, 4.69) is 10.3 Å². The second kappa shape index (κ2) is 9.20. The smallest absolute Gasteiger partial charge is 0.306 e. The van der Waals surface area contributed by atoms with Gasteiger partial charge in [-0.25, -0.2) is 0 Å². The van der Waals surface area contributed by atoms with E-state index < -0.39 is 24.0 Å². The highest BCUT2D eigenvalue weighted by Crippen LogP contribution is 2.20. The topological polar surface area (TPSA) is 112 Å². The third kappa shape index (κ3) is 5.21. The Kier molecular flexibility index (Phi) is 6.96. The highest BCUT2D eigenvalue weighted by atomic mass is 35.5. The van der Waals surface area contributed by atoms with Gasteiger partial charge in [-0.1, -0.05) is 17.7 Å². The summed E-state index contributed by atoms with van der Waals surface area (Å²) in [5, 5.41) is 12.2. The fraction of sp³-hybridized carbons (Fsp3) is 0.300. The first-order valence-electron chi connectivity index (χ1n) is 8.57. The second-order valence-corrected chi connectivity index (χ2v) is 6.77. The van der Waals surface area contributed by atoms with Crippen molar-refractivity contribution in [3.63, 3.8) is 0 Å². The van der Waals surface area contributed by atoms with Crippen LogP contribution in [0.25, 0.3) is 0 Å². The number of hydrogen-bond donors (Lipinski definition) is 2.